The number of hydrogen-bond donors (Lipinski definition) is 1. The molecule has 1 aliphatic heterocycles. The Morgan fingerprint density at radius 2 is 1.70 bits per heavy atom. The van der Waals surface area contributed by atoms with Crippen LogP contribution >= 0.6 is 12.4 Å². The van der Waals surface area contributed by atoms with E-state index >= 15 is 0 Å². The van der Waals surface area contributed by atoms with Crippen molar-refractivity contribution in [2.24, 2.45) is 0 Å². The summed E-state index contributed by atoms with van der Waals surface area (Å²) in [4.78, 5) is 0. The predicted molar refractivity (Wildman–Crippen MR) is 90.6 cm³/mol. The van der Waals surface area contributed by atoms with Gasteiger partial charge in [0.1, 0.15) is 17.7 Å². The van der Waals surface area contributed by atoms with Gasteiger partial charge in [-0.3, -0.25) is 0 Å². The molecule has 3 rings (SSSR count). The van der Waals surface area contributed by atoms with Crippen LogP contribution in [0.15, 0.2) is 48.5 Å². The number of halogens is 2. The van der Waals surface area contributed by atoms with E-state index in [1.54, 1.807) is 12.1 Å². The van der Waals surface area contributed by atoms with Crippen molar-refractivity contribution >= 4 is 12.4 Å². The molecule has 0 fully saturated rings. The van der Waals surface area contributed by atoms with Crippen LogP contribution in [-0.2, 0) is 4.74 Å². The first-order valence-corrected chi connectivity index (χ1v) is 7.54. The lowest BCUT2D eigenvalue weighted by Gasteiger charge is -2.33. The van der Waals surface area contributed by atoms with Gasteiger partial charge in [0.2, 0.25) is 6.29 Å². The van der Waals surface area contributed by atoms with Gasteiger partial charge in [0.25, 0.3) is 0 Å². The molecule has 0 aliphatic carbocycles. The molecule has 2 aromatic carbocycles. The zero-order valence-corrected chi connectivity index (χ0v) is 14.0. The van der Waals surface area contributed by atoms with Crippen LogP contribution in [-0.4, -0.2) is 18.9 Å². The quantitative estimate of drug-likeness (QED) is 0.912. The third-order valence-corrected chi connectivity index (χ3v) is 3.63. The van der Waals surface area contributed by atoms with E-state index in [9.17, 15) is 4.39 Å². The first kappa shape index (κ1) is 17.7. The van der Waals surface area contributed by atoms with Crippen molar-refractivity contribution in [3.05, 3.63) is 65.5 Å². The minimum atomic E-state index is -0.454. The first-order valence-electron chi connectivity index (χ1n) is 7.54. The summed E-state index contributed by atoms with van der Waals surface area (Å²) in [6, 6.07) is 14.7. The van der Waals surface area contributed by atoms with Gasteiger partial charge < -0.3 is 14.8 Å². The van der Waals surface area contributed by atoms with E-state index in [0.29, 0.717) is 18.2 Å². The lowest BCUT2D eigenvalue weighted by Crippen LogP contribution is -2.40. The van der Waals surface area contributed by atoms with Gasteiger partial charge >= 0.3 is 0 Å². The van der Waals surface area contributed by atoms with Crippen LogP contribution < -0.4 is 10.1 Å². The maximum absolute atomic E-state index is 14.2. The standard InChI is InChI=1S/C18H20FNO2.ClH/c1-12(2)20-11-17-21-16-10-6-4-8-14(16)18(22-17)13-7-3-5-9-15(13)19;/h3-10,12,17-18,20H,11H2,1-2H3;1H/t17-,18-;/m0./s1. The Hall–Kier alpha value is -1.62. The van der Waals surface area contributed by atoms with Gasteiger partial charge in [0, 0.05) is 17.2 Å². The summed E-state index contributed by atoms with van der Waals surface area (Å²) in [5.74, 6) is 0.484. The number of hydrogen-bond acceptors (Lipinski definition) is 3. The zero-order chi connectivity index (χ0) is 15.5. The monoisotopic (exact) mass is 337 g/mol. The SMILES string of the molecule is CC(C)NC[C@H]1Oc2ccccc2[C@H](c2ccccc2F)O1.Cl. The van der Waals surface area contributed by atoms with Crippen LogP contribution in [0.4, 0.5) is 4.39 Å². The molecule has 2 aromatic rings. The topological polar surface area (TPSA) is 30.5 Å². The zero-order valence-electron chi connectivity index (χ0n) is 13.2. The van der Waals surface area contributed by atoms with Crippen molar-refractivity contribution in [1.82, 2.24) is 5.32 Å². The van der Waals surface area contributed by atoms with Gasteiger partial charge in [-0.05, 0) is 12.1 Å². The maximum Gasteiger partial charge on any atom is 0.213 e. The molecule has 1 N–H and O–H groups in total. The Morgan fingerprint density at radius 1 is 1.04 bits per heavy atom. The summed E-state index contributed by atoms with van der Waals surface area (Å²) >= 11 is 0. The highest BCUT2D eigenvalue weighted by atomic mass is 35.5. The molecular weight excluding hydrogens is 317 g/mol. The third kappa shape index (κ3) is 4.02. The Bertz CT molecular complexity index is 650. The van der Waals surface area contributed by atoms with E-state index in [4.69, 9.17) is 9.47 Å². The number of benzene rings is 2. The first-order chi connectivity index (χ1) is 10.6. The molecule has 2 atom stereocenters. The fraction of sp³-hybridized carbons (Fsp3) is 0.333. The van der Waals surface area contributed by atoms with Crippen molar-refractivity contribution in [2.45, 2.75) is 32.3 Å². The summed E-state index contributed by atoms with van der Waals surface area (Å²) in [5, 5.41) is 3.29. The molecule has 3 nitrogen and oxygen atoms in total. The van der Waals surface area contributed by atoms with E-state index in [1.807, 2.05) is 30.3 Å². The van der Waals surface area contributed by atoms with Crippen LogP contribution in [0.3, 0.4) is 0 Å². The fourth-order valence-corrected chi connectivity index (χ4v) is 2.55. The molecule has 0 saturated carbocycles. The van der Waals surface area contributed by atoms with E-state index in [0.717, 1.165) is 11.3 Å². The van der Waals surface area contributed by atoms with Gasteiger partial charge in [-0.2, -0.15) is 0 Å². The summed E-state index contributed by atoms with van der Waals surface area (Å²) in [6.45, 7) is 4.67. The molecule has 23 heavy (non-hydrogen) atoms. The van der Waals surface area contributed by atoms with Crippen molar-refractivity contribution < 1.29 is 13.9 Å². The minimum Gasteiger partial charge on any atom is -0.463 e. The number of fused-ring (bicyclic) bond motifs is 1. The largest absolute Gasteiger partial charge is 0.463 e. The number of nitrogens with one attached hydrogen (secondary N) is 1. The second kappa shape index (κ2) is 7.77. The van der Waals surface area contributed by atoms with Gasteiger partial charge in [-0.25, -0.2) is 4.39 Å². The molecule has 0 amide bonds. The van der Waals surface area contributed by atoms with E-state index in [2.05, 4.69) is 19.2 Å². The van der Waals surface area contributed by atoms with E-state index in [1.165, 1.54) is 6.07 Å². The number of para-hydroxylation sites is 1. The molecule has 124 valence electrons. The lowest BCUT2D eigenvalue weighted by molar-refractivity contribution is -0.125. The highest BCUT2D eigenvalue weighted by molar-refractivity contribution is 5.85. The van der Waals surface area contributed by atoms with Gasteiger partial charge in [-0.15, -0.1) is 12.4 Å². The summed E-state index contributed by atoms with van der Waals surface area (Å²) < 4.78 is 26.0. The molecule has 0 unspecified atom stereocenters. The fourth-order valence-electron chi connectivity index (χ4n) is 2.55. The molecule has 0 spiro atoms. The molecule has 1 heterocycles. The van der Waals surface area contributed by atoms with Gasteiger partial charge in [0.15, 0.2) is 0 Å². The number of ether oxygens (including phenoxy) is 2. The Kier molecular flexibility index (Phi) is 5.99. The third-order valence-electron chi connectivity index (χ3n) is 3.63. The molecule has 0 saturated heterocycles. The Morgan fingerprint density at radius 3 is 2.39 bits per heavy atom. The second-order valence-electron chi connectivity index (χ2n) is 5.69. The Labute approximate surface area is 142 Å². The predicted octanol–water partition coefficient (Wildman–Crippen LogP) is 4.07. The normalized spacial score (nSPS) is 19.7. The lowest BCUT2D eigenvalue weighted by atomic mass is 9.99. The van der Waals surface area contributed by atoms with Crippen LogP contribution in [0.1, 0.15) is 31.1 Å². The van der Waals surface area contributed by atoms with Crippen LogP contribution in [0.25, 0.3) is 0 Å². The molecule has 1 aliphatic rings. The van der Waals surface area contributed by atoms with Crippen LogP contribution in [0.5, 0.6) is 5.75 Å². The molecule has 5 heteroatoms. The van der Waals surface area contributed by atoms with Crippen LogP contribution in [0.2, 0.25) is 0 Å². The minimum absolute atomic E-state index is 0. The highest BCUT2D eigenvalue weighted by Crippen LogP contribution is 2.39. The molecule has 0 aromatic heterocycles. The van der Waals surface area contributed by atoms with Gasteiger partial charge in [-0.1, -0.05) is 50.2 Å². The van der Waals surface area contributed by atoms with E-state index in [-0.39, 0.29) is 18.2 Å². The summed E-state index contributed by atoms with van der Waals surface area (Å²) in [5.41, 5.74) is 1.39. The highest BCUT2D eigenvalue weighted by Gasteiger charge is 2.31. The molecule has 0 radical (unpaired) electrons. The maximum atomic E-state index is 14.2. The second-order valence-corrected chi connectivity index (χ2v) is 5.69. The molecular formula is C18H21ClFNO2. The van der Waals surface area contributed by atoms with Crippen molar-refractivity contribution in [3.8, 4) is 5.75 Å². The van der Waals surface area contributed by atoms with Crippen LogP contribution in [0, 0.1) is 5.82 Å². The van der Waals surface area contributed by atoms with Gasteiger partial charge in [0.05, 0.1) is 6.54 Å². The van der Waals surface area contributed by atoms with Crippen molar-refractivity contribution in [2.75, 3.05) is 6.54 Å². The average molecular weight is 338 g/mol. The summed E-state index contributed by atoms with van der Waals surface area (Å²) in [7, 11) is 0. The average Bonchev–Trinajstić information content (AvgIpc) is 2.53. The number of rotatable bonds is 4. The summed E-state index contributed by atoms with van der Waals surface area (Å²) in [6.07, 6.45) is -0.896. The van der Waals surface area contributed by atoms with E-state index < -0.39 is 12.4 Å². The van der Waals surface area contributed by atoms with Crippen molar-refractivity contribution in [1.29, 1.82) is 0 Å². The Balaban J connectivity index is 0.00000192. The molecule has 0 bridgehead atoms. The van der Waals surface area contributed by atoms with Crippen molar-refractivity contribution in [3.63, 3.8) is 0 Å². The smallest absolute Gasteiger partial charge is 0.213 e.